The molecule has 0 bridgehead atoms. The molecule has 1 aliphatic heterocycles. The van der Waals surface area contributed by atoms with Gasteiger partial charge in [-0.25, -0.2) is 19.3 Å². The topological polar surface area (TPSA) is 45.2 Å². The zero-order chi connectivity index (χ0) is 14.7. The third kappa shape index (κ3) is 2.94. The maximum absolute atomic E-state index is 13.7. The van der Waals surface area contributed by atoms with Crippen LogP contribution in [0.1, 0.15) is 12.8 Å². The fourth-order valence-corrected chi connectivity index (χ4v) is 2.75. The van der Waals surface area contributed by atoms with Gasteiger partial charge in [0.15, 0.2) is 11.6 Å². The smallest absolute Gasteiger partial charge is 0.183 e. The Balaban J connectivity index is 1.64. The number of piperidine rings is 1. The molecule has 0 aromatic carbocycles. The van der Waals surface area contributed by atoms with Crippen LogP contribution in [-0.2, 0) is 0 Å². The van der Waals surface area contributed by atoms with Crippen molar-refractivity contribution < 1.29 is 4.39 Å². The highest BCUT2D eigenvalue weighted by Gasteiger charge is 2.25. The molecule has 0 radical (unpaired) electrons. The molecule has 1 aliphatic rings. The molecule has 21 heavy (non-hydrogen) atoms. The van der Waals surface area contributed by atoms with Crippen LogP contribution >= 0.6 is 0 Å². The number of halogens is 1. The first-order valence-electron chi connectivity index (χ1n) is 7.10. The SMILES string of the molecule is CN(c1ccccn1)C1CCN(c2ncncc2F)CC1. The molecule has 5 nitrogen and oxygen atoms in total. The Kier molecular flexibility index (Phi) is 3.94. The standard InChI is InChI=1S/C15H18FN5/c1-20(14-4-2-3-7-18-14)12-5-8-21(9-6-12)15-13(16)10-17-11-19-15/h2-4,7,10-12H,5-6,8-9H2,1H3. The normalized spacial score (nSPS) is 16.0. The zero-order valence-corrected chi connectivity index (χ0v) is 12.0. The number of hydrogen-bond acceptors (Lipinski definition) is 5. The van der Waals surface area contributed by atoms with E-state index in [1.165, 1.54) is 12.5 Å². The number of aromatic nitrogens is 3. The van der Waals surface area contributed by atoms with E-state index < -0.39 is 0 Å². The first kappa shape index (κ1) is 13.7. The van der Waals surface area contributed by atoms with E-state index in [9.17, 15) is 4.39 Å². The van der Waals surface area contributed by atoms with Crippen LogP contribution in [0.15, 0.2) is 36.9 Å². The molecule has 2 aromatic rings. The molecule has 3 heterocycles. The predicted molar refractivity (Wildman–Crippen MR) is 79.9 cm³/mol. The third-order valence-corrected chi connectivity index (χ3v) is 3.97. The highest BCUT2D eigenvalue weighted by Crippen LogP contribution is 2.24. The zero-order valence-electron chi connectivity index (χ0n) is 12.0. The Bertz CT molecular complexity index is 584. The molecule has 0 unspecified atom stereocenters. The van der Waals surface area contributed by atoms with Gasteiger partial charge in [0.1, 0.15) is 12.1 Å². The molecule has 1 saturated heterocycles. The van der Waals surface area contributed by atoms with E-state index in [1.807, 2.05) is 23.1 Å². The fraction of sp³-hybridized carbons (Fsp3) is 0.400. The summed E-state index contributed by atoms with van der Waals surface area (Å²) in [4.78, 5) is 16.3. The monoisotopic (exact) mass is 287 g/mol. The summed E-state index contributed by atoms with van der Waals surface area (Å²) in [5.41, 5.74) is 0. The van der Waals surface area contributed by atoms with Crippen molar-refractivity contribution in [1.82, 2.24) is 15.0 Å². The van der Waals surface area contributed by atoms with Crippen LogP contribution in [0.4, 0.5) is 16.0 Å². The molecular formula is C15H18FN5. The van der Waals surface area contributed by atoms with Gasteiger partial charge in [-0.2, -0.15) is 0 Å². The van der Waals surface area contributed by atoms with E-state index in [1.54, 1.807) is 6.20 Å². The van der Waals surface area contributed by atoms with Gasteiger partial charge in [0.05, 0.1) is 6.20 Å². The van der Waals surface area contributed by atoms with E-state index >= 15 is 0 Å². The van der Waals surface area contributed by atoms with E-state index in [2.05, 4.69) is 26.9 Å². The first-order valence-corrected chi connectivity index (χ1v) is 7.10. The third-order valence-electron chi connectivity index (χ3n) is 3.97. The molecular weight excluding hydrogens is 269 g/mol. The highest BCUT2D eigenvalue weighted by molar-refractivity contribution is 5.41. The average Bonchev–Trinajstić information content (AvgIpc) is 2.56. The number of rotatable bonds is 3. The molecule has 0 atom stereocenters. The lowest BCUT2D eigenvalue weighted by Gasteiger charge is -2.37. The summed E-state index contributed by atoms with van der Waals surface area (Å²) >= 11 is 0. The summed E-state index contributed by atoms with van der Waals surface area (Å²) in [5, 5.41) is 0. The number of pyridine rings is 1. The van der Waals surface area contributed by atoms with Crippen LogP contribution in [0.5, 0.6) is 0 Å². The van der Waals surface area contributed by atoms with Crippen LogP contribution in [0.25, 0.3) is 0 Å². The van der Waals surface area contributed by atoms with E-state index in [0.29, 0.717) is 11.9 Å². The van der Waals surface area contributed by atoms with Gasteiger partial charge in [0, 0.05) is 32.4 Å². The van der Waals surface area contributed by atoms with Crippen molar-refractivity contribution in [2.75, 3.05) is 29.9 Å². The molecule has 0 aliphatic carbocycles. The van der Waals surface area contributed by atoms with Crippen LogP contribution in [0.2, 0.25) is 0 Å². The maximum atomic E-state index is 13.7. The Labute approximate surface area is 123 Å². The Hall–Kier alpha value is -2.24. The largest absolute Gasteiger partial charge is 0.357 e. The van der Waals surface area contributed by atoms with Crippen LogP contribution < -0.4 is 9.80 Å². The number of nitrogens with zero attached hydrogens (tertiary/aromatic N) is 5. The van der Waals surface area contributed by atoms with Gasteiger partial charge in [-0.1, -0.05) is 6.07 Å². The summed E-state index contributed by atoms with van der Waals surface area (Å²) in [7, 11) is 2.06. The van der Waals surface area contributed by atoms with Gasteiger partial charge in [0.2, 0.25) is 0 Å². The number of hydrogen-bond donors (Lipinski definition) is 0. The van der Waals surface area contributed by atoms with Crippen molar-refractivity contribution in [2.24, 2.45) is 0 Å². The molecule has 0 N–H and O–H groups in total. The molecule has 6 heteroatoms. The summed E-state index contributed by atoms with van der Waals surface area (Å²) in [6, 6.07) is 6.33. The molecule has 0 saturated carbocycles. The quantitative estimate of drug-likeness (QED) is 0.865. The lowest BCUT2D eigenvalue weighted by molar-refractivity contribution is 0.471. The van der Waals surface area contributed by atoms with E-state index in [-0.39, 0.29) is 5.82 Å². The van der Waals surface area contributed by atoms with Gasteiger partial charge >= 0.3 is 0 Å². The molecule has 0 amide bonds. The Morgan fingerprint density at radius 2 is 2.05 bits per heavy atom. The van der Waals surface area contributed by atoms with Crippen LogP contribution in [0.3, 0.4) is 0 Å². The van der Waals surface area contributed by atoms with Crippen molar-refractivity contribution in [3.05, 3.63) is 42.7 Å². The number of anilines is 2. The fourth-order valence-electron chi connectivity index (χ4n) is 2.75. The second kappa shape index (κ2) is 6.03. The Morgan fingerprint density at radius 1 is 1.24 bits per heavy atom. The summed E-state index contributed by atoms with van der Waals surface area (Å²) in [6.07, 6.45) is 6.32. The Morgan fingerprint density at radius 3 is 2.71 bits per heavy atom. The molecule has 3 rings (SSSR count). The van der Waals surface area contributed by atoms with Crippen LogP contribution in [0, 0.1) is 5.82 Å². The minimum absolute atomic E-state index is 0.353. The van der Waals surface area contributed by atoms with Crippen molar-refractivity contribution in [1.29, 1.82) is 0 Å². The lowest BCUT2D eigenvalue weighted by Crippen LogP contribution is -2.44. The predicted octanol–water partition coefficient (Wildman–Crippen LogP) is 2.12. The van der Waals surface area contributed by atoms with E-state index in [4.69, 9.17) is 0 Å². The van der Waals surface area contributed by atoms with E-state index in [0.717, 1.165) is 31.7 Å². The minimum Gasteiger partial charge on any atom is -0.357 e. The lowest BCUT2D eigenvalue weighted by atomic mass is 10.0. The van der Waals surface area contributed by atoms with Gasteiger partial charge < -0.3 is 9.80 Å². The highest BCUT2D eigenvalue weighted by atomic mass is 19.1. The van der Waals surface area contributed by atoms with Gasteiger partial charge in [-0.3, -0.25) is 0 Å². The second-order valence-electron chi connectivity index (χ2n) is 5.21. The van der Waals surface area contributed by atoms with Gasteiger partial charge in [0.25, 0.3) is 0 Å². The molecule has 0 spiro atoms. The van der Waals surface area contributed by atoms with Gasteiger partial charge in [-0.05, 0) is 25.0 Å². The summed E-state index contributed by atoms with van der Waals surface area (Å²) < 4.78 is 13.7. The first-order chi connectivity index (χ1) is 10.3. The van der Waals surface area contributed by atoms with Crippen molar-refractivity contribution in [3.8, 4) is 0 Å². The second-order valence-corrected chi connectivity index (χ2v) is 5.21. The minimum atomic E-state index is -0.353. The maximum Gasteiger partial charge on any atom is 0.183 e. The van der Waals surface area contributed by atoms with Crippen LogP contribution in [-0.4, -0.2) is 41.1 Å². The molecule has 2 aromatic heterocycles. The van der Waals surface area contributed by atoms with Gasteiger partial charge in [-0.15, -0.1) is 0 Å². The summed E-state index contributed by atoms with van der Waals surface area (Å²) in [5.74, 6) is 1.03. The summed E-state index contributed by atoms with van der Waals surface area (Å²) in [6.45, 7) is 1.57. The van der Waals surface area contributed by atoms with Crippen molar-refractivity contribution in [2.45, 2.75) is 18.9 Å². The van der Waals surface area contributed by atoms with Crippen molar-refractivity contribution in [3.63, 3.8) is 0 Å². The molecule has 1 fully saturated rings. The average molecular weight is 287 g/mol. The van der Waals surface area contributed by atoms with Crippen molar-refractivity contribution >= 4 is 11.6 Å². The molecule has 110 valence electrons.